The van der Waals surface area contributed by atoms with E-state index in [1.165, 1.54) is 13.1 Å². The van der Waals surface area contributed by atoms with Gasteiger partial charge >= 0.3 is 6.36 Å². The summed E-state index contributed by atoms with van der Waals surface area (Å²) in [7, 11) is 0. The maximum absolute atomic E-state index is 11.9. The molecule has 1 rings (SSSR count). The molecule has 0 aliphatic rings. The Balaban J connectivity index is 3.22. The van der Waals surface area contributed by atoms with E-state index in [4.69, 9.17) is 11.6 Å². The number of halogens is 4. The van der Waals surface area contributed by atoms with E-state index in [9.17, 15) is 18.0 Å². The highest BCUT2D eigenvalue weighted by Gasteiger charge is 2.33. The van der Waals surface area contributed by atoms with Gasteiger partial charge in [0.1, 0.15) is 0 Å². The number of rotatable bonds is 2. The van der Waals surface area contributed by atoms with Crippen LogP contribution >= 0.6 is 11.6 Å². The molecule has 1 N–H and O–H groups in total. The summed E-state index contributed by atoms with van der Waals surface area (Å²) in [6.07, 6.45) is -3.63. The van der Waals surface area contributed by atoms with E-state index in [2.05, 4.69) is 9.72 Å². The Kier molecular flexibility index (Phi) is 3.28. The molecule has 0 spiro atoms. The average molecular weight is 242 g/mol. The molecule has 7 heteroatoms. The van der Waals surface area contributed by atoms with Crippen molar-refractivity contribution in [2.75, 3.05) is 0 Å². The van der Waals surface area contributed by atoms with Crippen LogP contribution in [0.1, 0.15) is 11.3 Å². The third-order valence-corrected chi connectivity index (χ3v) is 1.95. The predicted molar refractivity (Wildman–Crippen MR) is 48.0 cm³/mol. The van der Waals surface area contributed by atoms with Crippen molar-refractivity contribution in [1.29, 1.82) is 0 Å². The van der Waals surface area contributed by atoms with Gasteiger partial charge in [-0.1, -0.05) is 0 Å². The first kappa shape index (κ1) is 11.9. The standard InChI is InChI=1S/C8H7ClF3NO2/c1-4-7(15-8(10,11)12)6(14)5(2-9)3-13-4/h3H,2H2,1H3,(H,13,14). The minimum atomic E-state index is -4.89. The Morgan fingerprint density at radius 1 is 1.53 bits per heavy atom. The Hall–Kier alpha value is -1.17. The van der Waals surface area contributed by atoms with Crippen molar-refractivity contribution >= 4 is 11.6 Å². The van der Waals surface area contributed by atoms with Gasteiger partial charge < -0.3 is 9.72 Å². The highest BCUT2D eigenvalue weighted by atomic mass is 35.5. The summed E-state index contributed by atoms with van der Waals surface area (Å²) in [6.45, 7) is 1.31. The molecule has 1 aromatic rings. The monoisotopic (exact) mass is 241 g/mol. The Labute approximate surface area is 87.8 Å². The molecule has 84 valence electrons. The molecule has 15 heavy (non-hydrogen) atoms. The van der Waals surface area contributed by atoms with E-state index in [0.29, 0.717) is 0 Å². The second-order valence-electron chi connectivity index (χ2n) is 2.78. The third kappa shape index (κ3) is 2.89. The Morgan fingerprint density at radius 2 is 2.13 bits per heavy atom. The van der Waals surface area contributed by atoms with Gasteiger partial charge in [0.2, 0.25) is 5.43 Å². The number of aryl methyl sites for hydroxylation is 1. The van der Waals surface area contributed by atoms with Gasteiger partial charge in [0.15, 0.2) is 5.75 Å². The second-order valence-corrected chi connectivity index (χ2v) is 3.05. The maximum Gasteiger partial charge on any atom is 0.573 e. The molecule has 0 bridgehead atoms. The molecule has 0 saturated heterocycles. The second kappa shape index (κ2) is 4.14. The van der Waals surface area contributed by atoms with Crippen molar-refractivity contribution in [3.63, 3.8) is 0 Å². The normalized spacial score (nSPS) is 11.5. The van der Waals surface area contributed by atoms with Crippen LogP contribution in [0.4, 0.5) is 13.2 Å². The number of alkyl halides is 4. The molecular formula is C8H7ClF3NO2. The van der Waals surface area contributed by atoms with Crippen molar-refractivity contribution in [3.05, 3.63) is 27.7 Å². The lowest BCUT2D eigenvalue weighted by molar-refractivity contribution is -0.275. The van der Waals surface area contributed by atoms with Crippen LogP contribution in [0.15, 0.2) is 11.0 Å². The summed E-state index contributed by atoms with van der Waals surface area (Å²) in [4.78, 5) is 13.8. The lowest BCUT2D eigenvalue weighted by atomic mass is 10.2. The lowest BCUT2D eigenvalue weighted by Gasteiger charge is -2.10. The van der Waals surface area contributed by atoms with Crippen LogP contribution < -0.4 is 10.2 Å². The van der Waals surface area contributed by atoms with Crippen LogP contribution in [0, 0.1) is 6.92 Å². The minimum Gasteiger partial charge on any atom is -0.400 e. The predicted octanol–water partition coefficient (Wildman–Crippen LogP) is 2.32. The first-order valence-corrected chi connectivity index (χ1v) is 4.41. The fraction of sp³-hybridized carbons (Fsp3) is 0.375. The first-order valence-electron chi connectivity index (χ1n) is 3.88. The fourth-order valence-electron chi connectivity index (χ4n) is 0.980. The molecule has 1 aromatic heterocycles. The number of H-pyrrole nitrogens is 1. The van der Waals surface area contributed by atoms with Crippen LogP contribution in [-0.4, -0.2) is 11.3 Å². The summed E-state index contributed by atoms with van der Waals surface area (Å²) >= 11 is 5.37. The molecule has 0 saturated carbocycles. The van der Waals surface area contributed by atoms with Crippen LogP contribution in [0.25, 0.3) is 0 Å². The zero-order chi connectivity index (χ0) is 11.6. The number of hydrogen-bond donors (Lipinski definition) is 1. The summed E-state index contributed by atoms with van der Waals surface area (Å²) < 4.78 is 39.4. The highest BCUT2D eigenvalue weighted by molar-refractivity contribution is 6.17. The summed E-state index contributed by atoms with van der Waals surface area (Å²) in [6, 6.07) is 0. The van der Waals surface area contributed by atoms with Crippen LogP contribution in [0.3, 0.4) is 0 Å². The van der Waals surface area contributed by atoms with Crippen LogP contribution in [-0.2, 0) is 5.88 Å². The van der Waals surface area contributed by atoms with Crippen molar-refractivity contribution in [1.82, 2.24) is 4.98 Å². The van der Waals surface area contributed by atoms with E-state index in [-0.39, 0.29) is 17.1 Å². The van der Waals surface area contributed by atoms with E-state index in [1.807, 2.05) is 0 Å². The largest absolute Gasteiger partial charge is 0.573 e. The van der Waals surface area contributed by atoms with E-state index in [1.54, 1.807) is 0 Å². The summed E-state index contributed by atoms with van der Waals surface area (Å²) in [5, 5.41) is 0. The highest BCUT2D eigenvalue weighted by Crippen LogP contribution is 2.22. The molecule has 0 amide bonds. The first-order chi connectivity index (χ1) is 6.85. The number of hydrogen-bond acceptors (Lipinski definition) is 2. The van der Waals surface area contributed by atoms with Gasteiger partial charge in [-0.3, -0.25) is 4.79 Å². The molecule has 0 unspecified atom stereocenters. The molecule has 1 heterocycles. The summed E-state index contributed by atoms with van der Waals surface area (Å²) in [5.41, 5.74) is -0.814. The van der Waals surface area contributed by atoms with Gasteiger partial charge in [-0.25, -0.2) is 0 Å². The topological polar surface area (TPSA) is 42.1 Å². The molecule has 0 radical (unpaired) electrons. The molecule has 0 aliphatic carbocycles. The third-order valence-electron chi connectivity index (χ3n) is 1.66. The number of aromatic amines is 1. The average Bonchev–Trinajstić information content (AvgIpc) is 2.11. The van der Waals surface area contributed by atoms with Crippen molar-refractivity contribution < 1.29 is 17.9 Å². The van der Waals surface area contributed by atoms with Gasteiger partial charge in [0, 0.05) is 11.8 Å². The van der Waals surface area contributed by atoms with Crippen LogP contribution in [0.5, 0.6) is 5.75 Å². The van der Waals surface area contributed by atoms with Crippen molar-refractivity contribution in [3.8, 4) is 5.75 Å². The van der Waals surface area contributed by atoms with Gasteiger partial charge in [-0.2, -0.15) is 0 Å². The van der Waals surface area contributed by atoms with Crippen LogP contribution in [0.2, 0.25) is 0 Å². The fourth-order valence-corrected chi connectivity index (χ4v) is 1.18. The molecule has 0 fully saturated rings. The summed E-state index contributed by atoms with van der Waals surface area (Å²) in [5.74, 6) is -0.940. The Bertz CT molecular complexity index is 413. The molecular weight excluding hydrogens is 235 g/mol. The van der Waals surface area contributed by atoms with E-state index >= 15 is 0 Å². The van der Waals surface area contributed by atoms with Crippen molar-refractivity contribution in [2.24, 2.45) is 0 Å². The number of ether oxygens (including phenoxy) is 1. The SMILES string of the molecule is Cc1[nH]cc(CCl)c(=O)c1OC(F)(F)F. The molecule has 0 atom stereocenters. The van der Waals surface area contributed by atoms with E-state index in [0.717, 1.165) is 0 Å². The Morgan fingerprint density at radius 3 is 2.60 bits per heavy atom. The minimum absolute atomic E-state index is 0.00573. The molecule has 3 nitrogen and oxygen atoms in total. The maximum atomic E-state index is 11.9. The number of nitrogens with one attached hydrogen (secondary N) is 1. The zero-order valence-corrected chi connectivity index (χ0v) is 8.37. The quantitative estimate of drug-likeness (QED) is 0.808. The van der Waals surface area contributed by atoms with Gasteiger partial charge in [-0.05, 0) is 6.92 Å². The van der Waals surface area contributed by atoms with Crippen molar-refractivity contribution in [2.45, 2.75) is 19.2 Å². The van der Waals surface area contributed by atoms with Gasteiger partial charge in [0.05, 0.1) is 11.6 Å². The smallest absolute Gasteiger partial charge is 0.400 e. The number of aromatic nitrogens is 1. The molecule has 0 aliphatic heterocycles. The zero-order valence-electron chi connectivity index (χ0n) is 7.61. The van der Waals surface area contributed by atoms with Gasteiger partial charge in [0.25, 0.3) is 0 Å². The molecule has 0 aromatic carbocycles. The lowest BCUT2D eigenvalue weighted by Crippen LogP contribution is -2.24. The number of pyridine rings is 1. The van der Waals surface area contributed by atoms with E-state index < -0.39 is 17.5 Å². The van der Waals surface area contributed by atoms with Gasteiger partial charge in [-0.15, -0.1) is 24.8 Å².